The zero-order chi connectivity index (χ0) is 15.7. The number of carbonyl (C=O) groups excluding carboxylic acids is 1. The van der Waals surface area contributed by atoms with Gasteiger partial charge in [0.15, 0.2) is 0 Å². The summed E-state index contributed by atoms with van der Waals surface area (Å²) >= 11 is 1.87. The van der Waals surface area contributed by atoms with E-state index in [1.807, 2.05) is 11.8 Å². The minimum atomic E-state index is -0.817. The lowest BCUT2D eigenvalue weighted by Crippen LogP contribution is -2.35. The fourth-order valence-electron chi connectivity index (χ4n) is 3.11. The van der Waals surface area contributed by atoms with E-state index in [1.54, 1.807) is 0 Å². The summed E-state index contributed by atoms with van der Waals surface area (Å²) in [5, 5.41) is 12.2. The van der Waals surface area contributed by atoms with E-state index in [9.17, 15) is 14.7 Å². The van der Waals surface area contributed by atoms with E-state index in [2.05, 4.69) is 18.5 Å². The van der Waals surface area contributed by atoms with Crippen molar-refractivity contribution in [2.75, 3.05) is 18.6 Å². The summed E-state index contributed by atoms with van der Waals surface area (Å²) in [5.41, 5.74) is 0. The molecule has 0 saturated heterocycles. The normalized spacial score (nSPS) is 25.0. The highest BCUT2D eigenvalue weighted by Gasteiger charge is 2.41. The summed E-state index contributed by atoms with van der Waals surface area (Å²) in [5.74, 6) is -0.105. The zero-order valence-corrected chi connectivity index (χ0v) is 14.1. The standard InChI is InChI=1S/C16H29NO3S/c1-3-12-10-13(14(11-12)16(19)20)15(18)17-8-6-4-5-7-9-21-2/h12-14H,3-11H2,1-2H3,(H,17,18)(H,19,20)/t12?,13-,14+/m0/s1. The number of unbranched alkanes of at least 4 members (excludes halogenated alkanes) is 3. The molecular weight excluding hydrogens is 286 g/mol. The fourth-order valence-corrected chi connectivity index (χ4v) is 3.60. The molecule has 1 unspecified atom stereocenters. The van der Waals surface area contributed by atoms with Crippen LogP contribution < -0.4 is 5.32 Å². The molecule has 0 aromatic rings. The van der Waals surface area contributed by atoms with Crippen LogP contribution in [0.15, 0.2) is 0 Å². The first-order valence-corrected chi connectivity index (χ1v) is 9.49. The molecule has 0 aromatic carbocycles. The Morgan fingerprint density at radius 1 is 1.14 bits per heavy atom. The Hall–Kier alpha value is -0.710. The Kier molecular flexibility index (Phi) is 8.81. The molecule has 4 nitrogen and oxygen atoms in total. The van der Waals surface area contributed by atoms with Gasteiger partial charge in [0, 0.05) is 6.54 Å². The fraction of sp³-hybridized carbons (Fsp3) is 0.875. The van der Waals surface area contributed by atoms with Gasteiger partial charge in [0.1, 0.15) is 0 Å². The maximum absolute atomic E-state index is 12.2. The van der Waals surface area contributed by atoms with E-state index in [-0.39, 0.29) is 11.8 Å². The van der Waals surface area contributed by atoms with Crippen LogP contribution in [0.25, 0.3) is 0 Å². The van der Waals surface area contributed by atoms with E-state index in [0.717, 1.165) is 25.7 Å². The quantitative estimate of drug-likeness (QED) is 0.608. The van der Waals surface area contributed by atoms with Crippen LogP contribution in [0.5, 0.6) is 0 Å². The van der Waals surface area contributed by atoms with Crippen LogP contribution in [0, 0.1) is 17.8 Å². The van der Waals surface area contributed by atoms with Crippen LogP contribution in [0.2, 0.25) is 0 Å². The van der Waals surface area contributed by atoms with Crippen LogP contribution in [-0.2, 0) is 9.59 Å². The largest absolute Gasteiger partial charge is 0.481 e. The third-order valence-corrected chi connectivity index (χ3v) is 5.16. The molecular formula is C16H29NO3S. The molecule has 5 heteroatoms. The van der Waals surface area contributed by atoms with Gasteiger partial charge in [-0.1, -0.05) is 26.2 Å². The number of carboxylic acids is 1. The molecule has 0 heterocycles. The number of aliphatic carboxylic acids is 1. The summed E-state index contributed by atoms with van der Waals surface area (Å²) in [4.78, 5) is 23.5. The number of hydrogen-bond donors (Lipinski definition) is 2. The molecule has 1 fully saturated rings. The topological polar surface area (TPSA) is 66.4 Å². The van der Waals surface area contributed by atoms with E-state index in [4.69, 9.17) is 0 Å². The average molecular weight is 315 g/mol. The van der Waals surface area contributed by atoms with Gasteiger partial charge in [-0.05, 0) is 43.6 Å². The number of carbonyl (C=O) groups is 2. The van der Waals surface area contributed by atoms with Crippen LogP contribution in [0.1, 0.15) is 51.9 Å². The van der Waals surface area contributed by atoms with E-state index >= 15 is 0 Å². The Morgan fingerprint density at radius 3 is 2.43 bits per heavy atom. The molecule has 0 radical (unpaired) electrons. The minimum absolute atomic E-state index is 0.0533. The SMILES string of the molecule is CCC1C[C@H](C(=O)NCCCCCCSC)[C@H](C(=O)O)C1. The van der Waals surface area contributed by atoms with Crippen molar-refractivity contribution >= 4 is 23.6 Å². The predicted molar refractivity (Wildman–Crippen MR) is 87.5 cm³/mol. The van der Waals surface area contributed by atoms with Crippen LogP contribution >= 0.6 is 11.8 Å². The van der Waals surface area contributed by atoms with Gasteiger partial charge in [-0.3, -0.25) is 9.59 Å². The van der Waals surface area contributed by atoms with Gasteiger partial charge in [-0.25, -0.2) is 0 Å². The van der Waals surface area contributed by atoms with Crippen molar-refractivity contribution in [1.29, 1.82) is 0 Å². The van der Waals surface area contributed by atoms with Crippen molar-refractivity contribution in [3.63, 3.8) is 0 Å². The number of thioether (sulfide) groups is 1. The molecule has 0 aromatic heterocycles. The molecule has 3 atom stereocenters. The van der Waals surface area contributed by atoms with Crippen molar-refractivity contribution in [3.05, 3.63) is 0 Å². The molecule has 1 saturated carbocycles. The van der Waals surface area contributed by atoms with Gasteiger partial charge in [-0.2, -0.15) is 11.8 Å². The number of nitrogens with one attached hydrogen (secondary N) is 1. The second kappa shape index (κ2) is 10.1. The van der Waals surface area contributed by atoms with Gasteiger partial charge in [0.05, 0.1) is 11.8 Å². The Bertz CT molecular complexity index is 335. The van der Waals surface area contributed by atoms with Crippen LogP contribution in [-0.4, -0.2) is 35.5 Å². The maximum Gasteiger partial charge on any atom is 0.307 e. The van der Waals surface area contributed by atoms with Gasteiger partial charge in [0.2, 0.25) is 5.91 Å². The highest BCUT2D eigenvalue weighted by Crippen LogP contribution is 2.38. The van der Waals surface area contributed by atoms with E-state index < -0.39 is 11.9 Å². The number of hydrogen-bond acceptors (Lipinski definition) is 3. The second-order valence-corrected chi connectivity index (χ2v) is 6.98. The smallest absolute Gasteiger partial charge is 0.307 e. The molecule has 1 rings (SSSR count). The zero-order valence-electron chi connectivity index (χ0n) is 13.3. The summed E-state index contributed by atoms with van der Waals surface area (Å²) in [7, 11) is 0. The maximum atomic E-state index is 12.2. The number of carboxylic acid groups (broad SMARTS) is 1. The molecule has 1 amide bonds. The Balaban J connectivity index is 2.25. The molecule has 122 valence electrons. The Labute approximate surface area is 132 Å². The average Bonchev–Trinajstić information content (AvgIpc) is 2.90. The first-order valence-electron chi connectivity index (χ1n) is 8.09. The molecule has 0 bridgehead atoms. The molecule has 0 aliphatic heterocycles. The second-order valence-electron chi connectivity index (χ2n) is 5.99. The first kappa shape index (κ1) is 18.3. The van der Waals surface area contributed by atoms with Crippen molar-refractivity contribution < 1.29 is 14.7 Å². The van der Waals surface area contributed by atoms with E-state index in [0.29, 0.717) is 18.9 Å². The summed E-state index contributed by atoms with van der Waals surface area (Å²) in [6, 6.07) is 0. The molecule has 21 heavy (non-hydrogen) atoms. The molecule has 0 spiro atoms. The van der Waals surface area contributed by atoms with Gasteiger partial charge < -0.3 is 10.4 Å². The summed E-state index contributed by atoms with van der Waals surface area (Å²) < 4.78 is 0. The summed E-state index contributed by atoms with van der Waals surface area (Å²) in [6.07, 6.45) is 9.01. The summed E-state index contributed by atoms with van der Waals surface area (Å²) in [6.45, 7) is 2.75. The molecule has 1 aliphatic rings. The lowest BCUT2D eigenvalue weighted by molar-refractivity contribution is -0.146. The first-order chi connectivity index (χ1) is 10.1. The molecule has 1 aliphatic carbocycles. The number of rotatable bonds is 10. The van der Waals surface area contributed by atoms with Crippen molar-refractivity contribution in [2.45, 2.75) is 51.9 Å². The minimum Gasteiger partial charge on any atom is -0.481 e. The predicted octanol–water partition coefficient (Wildman–Crippen LogP) is 3.16. The lowest BCUT2D eigenvalue weighted by Gasteiger charge is -2.15. The van der Waals surface area contributed by atoms with Gasteiger partial charge >= 0.3 is 5.97 Å². The van der Waals surface area contributed by atoms with Gasteiger partial charge in [0.25, 0.3) is 0 Å². The third-order valence-electron chi connectivity index (χ3n) is 4.47. The van der Waals surface area contributed by atoms with Crippen molar-refractivity contribution in [2.24, 2.45) is 17.8 Å². The van der Waals surface area contributed by atoms with Crippen molar-refractivity contribution in [3.8, 4) is 0 Å². The highest BCUT2D eigenvalue weighted by atomic mass is 32.2. The van der Waals surface area contributed by atoms with Crippen LogP contribution in [0.4, 0.5) is 0 Å². The Morgan fingerprint density at radius 2 is 1.81 bits per heavy atom. The highest BCUT2D eigenvalue weighted by molar-refractivity contribution is 7.98. The van der Waals surface area contributed by atoms with Crippen molar-refractivity contribution in [1.82, 2.24) is 5.32 Å². The lowest BCUT2D eigenvalue weighted by atomic mass is 9.95. The number of amides is 1. The third kappa shape index (κ3) is 6.29. The monoisotopic (exact) mass is 315 g/mol. The van der Waals surface area contributed by atoms with Crippen LogP contribution in [0.3, 0.4) is 0 Å². The van der Waals surface area contributed by atoms with Gasteiger partial charge in [-0.15, -0.1) is 0 Å². The molecule has 2 N–H and O–H groups in total. The van der Waals surface area contributed by atoms with E-state index in [1.165, 1.54) is 18.6 Å².